The molecule has 0 aliphatic rings. The molecule has 1 N–H and O–H groups in total. The standard InChI is InChI=1S/C18H21F2N/c1-3-14-7-5-6-8-15(14)18(21-4-2)12-13-9-10-16(19)17(20)11-13/h5-11,18,21H,3-4,12H2,1-2H3. The van der Waals surface area contributed by atoms with Crippen molar-refractivity contribution in [2.45, 2.75) is 32.7 Å². The summed E-state index contributed by atoms with van der Waals surface area (Å²) >= 11 is 0. The molecule has 0 amide bonds. The molecule has 0 heterocycles. The first kappa shape index (κ1) is 15.6. The van der Waals surface area contributed by atoms with Gasteiger partial charge in [-0.1, -0.05) is 44.2 Å². The maximum atomic E-state index is 13.4. The molecule has 0 saturated carbocycles. The number of hydrogen-bond donors (Lipinski definition) is 1. The van der Waals surface area contributed by atoms with Crippen LogP contribution in [0.25, 0.3) is 0 Å². The summed E-state index contributed by atoms with van der Waals surface area (Å²) in [7, 11) is 0. The van der Waals surface area contributed by atoms with Gasteiger partial charge in [-0.25, -0.2) is 8.78 Å². The van der Waals surface area contributed by atoms with Gasteiger partial charge in [0, 0.05) is 6.04 Å². The Hall–Kier alpha value is -1.74. The van der Waals surface area contributed by atoms with Gasteiger partial charge in [-0.05, 0) is 48.2 Å². The molecule has 0 aromatic heterocycles. The van der Waals surface area contributed by atoms with Crippen LogP contribution in [0.4, 0.5) is 8.78 Å². The van der Waals surface area contributed by atoms with Gasteiger partial charge in [-0.15, -0.1) is 0 Å². The van der Waals surface area contributed by atoms with Gasteiger partial charge in [0.05, 0.1) is 0 Å². The fourth-order valence-electron chi connectivity index (χ4n) is 2.64. The lowest BCUT2D eigenvalue weighted by Crippen LogP contribution is -2.24. The minimum Gasteiger partial charge on any atom is -0.310 e. The van der Waals surface area contributed by atoms with Gasteiger partial charge in [-0.2, -0.15) is 0 Å². The second-order valence-corrected chi connectivity index (χ2v) is 5.12. The Morgan fingerprint density at radius 2 is 1.76 bits per heavy atom. The highest BCUT2D eigenvalue weighted by molar-refractivity contribution is 5.32. The van der Waals surface area contributed by atoms with E-state index in [2.05, 4.69) is 24.4 Å². The lowest BCUT2D eigenvalue weighted by molar-refractivity contribution is 0.502. The smallest absolute Gasteiger partial charge is 0.159 e. The van der Waals surface area contributed by atoms with Crippen molar-refractivity contribution in [1.82, 2.24) is 5.32 Å². The molecule has 112 valence electrons. The third-order valence-corrected chi connectivity index (χ3v) is 3.69. The minimum absolute atomic E-state index is 0.107. The van der Waals surface area contributed by atoms with E-state index in [-0.39, 0.29) is 6.04 Å². The Balaban J connectivity index is 2.28. The van der Waals surface area contributed by atoms with Crippen molar-refractivity contribution < 1.29 is 8.78 Å². The summed E-state index contributed by atoms with van der Waals surface area (Å²) < 4.78 is 26.4. The van der Waals surface area contributed by atoms with E-state index < -0.39 is 11.6 Å². The summed E-state index contributed by atoms with van der Waals surface area (Å²) in [6.07, 6.45) is 1.60. The van der Waals surface area contributed by atoms with Gasteiger partial charge in [0.25, 0.3) is 0 Å². The van der Waals surface area contributed by atoms with Crippen LogP contribution in [0.2, 0.25) is 0 Å². The Morgan fingerprint density at radius 3 is 2.43 bits per heavy atom. The summed E-state index contributed by atoms with van der Waals surface area (Å²) in [5.41, 5.74) is 3.31. The zero-order valence-corrected chi connectivity index (χ0v) is 12.5. The number of rotatable bonds is 6. The normalized spacial score (nSPS) is 12.4. The van der Waals surface area contributed by atoms with Crippen molar-refractivity contribution in [2.75, 3.05) is 6.54 Å². The van der Waals surface area contributed by atoms with Gasteiger partial charge in [0.15, 0.2) is 11.6 Å². The van der Waals surface area contributed by atoms with Crippen LogP contribution in [0.5, 0.6) is 0 Å². The molecule has 0 aliphatic heterocycles. The number of halogens is 2. The summed E-state index contributed by atoms with van der Waals surface area (Å²) in [5.74, 6) is -1.58. The molecule has 0 radical (unpaired) electrons. The van der Waals surface area contributed by atoms with Crippen LogP contribution in [0.1, 0.15) is 36.6 Å². The molecule has 0 saturated heterocycles. The average molecular weight is 289 g/mol. The number of likely N-dealkylation sites (N-methyl/N-ethyl adjacent to an activating group) is 1. The molecule has 1 atom stereocenters. The topological polar surface area (TPSA) is 12.0 Å². The lowest BCUT2D eigenvalue weighted by atomic mass is 9.93. The first-order valence-electron chi connectivity index (χ1n) is 7.40. The van der Waals surface area contributed by atoms with Crippen LogP contribution in [0, 0.1) is 11.6 Å². The van der Waals surface area contributed by atoms with E-state index in [0.717, 1.165) is 18.5 Å². The van der Waals surface area contributed by atoms with E-state index in [4.69, 9.17) is 0 Å². The molecule has 0 spiro atoms. The van der Waals surface area contributed by atoms with E-state index in [1.165, 1.54) is 23.3 Å². The maximum Gasteiger partial charge on any atom is 0.159 e. The largest absolute Gasteiger partial charge is 0.310 e. The minimum atomic E-state index is -0.798. The molecule has 1 nitrogen and oxygen atoms in total. The van der Waals surface area contributed by atoms with Crippen molar-refractivity contribution in [2.24, 2.45) is 0 Å². The second-order valence-electron chi connectivity index (χ2n) is 5.12. The summed E-state index contributed by atoms with van der Waals surface area (Å²) in [6, 6.07) is 12.5. The first-order valence-corrected chi connectivity index (χ1v) is 7.40. The first-order chi connectivity index (χ1) is 10.2. The maximum absolute atomic E-state index is 13.4. The highest BCUT2D eigenvalue weighted by Crippen LogP contribution is 2.23. The fraction of sp³-hybridized carbons (Fsp3) is 0.333. The SMILES string of the molecule is CCNC(Cc1ccc(F)c(F)c1)c1ccccc1CC. The van der Waals surface area contributed by atoms with Crippen LogP contribution in [0.3, 0.4) is 0 Å². The third kappa shape index (κ3) is 3.88. The van der Waals surface area contributed by atoms with Crippen molar-refractivity contribution in [1.29, 1.82) is 0 Å². The van der Waals surface area contributed by atoms with Crippen molar-refractivity contribution >= 4 is 0 Å². The molecule has 21 heavy (non-hydrogen) atoms. The Labute approximate surface area is 125 Å². The van der Waals surface area contributed by atoms with Crippen molar-refractivity contribution in [3.63, 3.8) is 0 Å². The molecule has 2 rings (SSSR count). The fourth-order valence-corrected chi connectivity index (χ4v) is 2.64. The molecular formula is C18H21F2N. The number of hydrogen-bond acceptors (Lipinski definition) is 1. The number of aryl methyl sites for hydroxylation is 1. The molecule has 0 aliphatic carbocycles. The zero-order chi connectivity index (χ0) is 15.2. The monoisotopic (exact) mass is 289 g/mol. The van der Waals surface area contributed by atoms with E-state index in [1.807, 2.05) is 19.1 Å². The van der Waals surface area contributed by atoms with Gasteiger partial charge in [0.2, 0.25) is 0 Å². The van der Waals surface area contributed by atoms with Crippen LogP contribution in [0.15, 0.2) is 42.5 Å². The number of nitrogens with one attached hydrogen (secondary N) is 1. The Kier molecular flexibility index (Phi) is 5.45. The molecule has 0 fully saturated rings. The molecule has 3 heteroatoms. The van der Waals surface area contributed by atoms with Gasteiger partial charge < -0.3 is 5.32 Å². The third-order valence-electron chi connectivity index (χ3n) is 3.69. The van der Waals surface area contributed by atoms with E-state index in [0.29, 0.717) is 6.42 Å². The molecule has 1 unspecified atom stereocenters. The predicted molar refractivity (Wildman–Crippen MR) is 82.3 cm³/mol. The molecule has 2 aromatic rings. The van der Waals surface area contributed by atoms with Crippen molar-refractivity contribution in [3.05, 3.63) is 70.8 Å². The highest BCUT2D eigenvalue weighted by atomic mass is 19.2. The molecule has 2 aromatic carbocycles. The van der Waals surface area contributed by atoms with E-state index >= 15 is 0 Å². The zero-order valence-electron chi connectivity index (χ0n) is 12.5. The van der Waals surface area contributed by atoms with Crippen LogP contribution in [-0.2, 0) is 12.8 Å². The second kappa shape index (κ2) is 7.32. The summed E-state index contributed by atoms with van der Waals surface area (Å²) in [5, 5.41) is 3.44. The number of benzene rings is 2. The quantitative estimate of drug-likeness (QED) is 0.830. The van der Waals surface area contributed by atoms with Crippen LogP contribution < -0.4 is 5.32 Å². The summed E-state index contributed by atoms with van der Waals surface area (Å²) in [6.45, 7) is 5.00. The average Bonchev–Trinajstić information content (AvgIpc) is 2.50. The Bertz CT molecular complexity index is 596. The van der Waals surface area contributed by atoms with Crippen molar-refractivity contribution in [3.8, 4) is 0 Å². The van der Waals surface area contributed by atoms with E-state index in [9.17, 15) is 8.78 Å². The highest BCUT2D eigenvalue weighted by Gasteiger charge is 2.15. The van der Waals surface area contributed by atoms with E-state index in [1.54, 1.807) is 6.07 Å². The van der Waals surface area contributed by atoms with Gasteiger partial charge >= 0.3 is 0 Å². The Morgan fingerprint density at radius 1 is 1.00 bits per heavy atom. The van der Waals surface area contributed by atoms with Gasteiger partial charge in [-0.3, -0.25) is 0 Å². The predicted octanol–water partition coefficient (Wildman–Crippen LogP) is 4.42. The summed E-state index contributed by atoms with van der Waals surface area (Å²) in [4.78, 5) is 0. The lowest BCUT2D eigenvalue weighted by Gasteiger charge is -2.21. The van der Waals surface area contributed by atoms with Crippen LogP contribution >= 0.6 is 0 Å². The van der Waals surface area contributed by atoms with Gasteiger partial charge in [0.1, 0.15) is 0 Å². The molecule has 0 bridgehead atoms. The molecular weight excluding hydrogens is 268 g/mol. The van der Waals surface area contributed by atoms with Crippen LogP contribution in [-0.4, -0.2) is 6.54 Å².